The predicted molar refractivity (Wildman–Crippen MR) is 128 cm³/mol. The molecule has 9 nitrogen and oxygen atoms in total. The van der Waals surface area contributed by atoms with E-state index in [1.165, 1.54) is 36.4 Å². The third-order valence-corrected chi connectivity index (χ3v) is 5.88. The van der Waals surface area contributed by atoms with Crippen LogP contribution in [0.1, 0.15) is 28.6 Å². The van der Waals surface area contributed by atoms with Crippen molar-refractivity contribution >= 4 is 58.2 Å². The highest BCUT2D eigenvalue weighted by molar-refractivity contribution is 6.34. The molecule has 0 radical (unpaired) electrons. The van der Waals surface area contributed by atoms with Gasteiger partial charge in [-0.3, -0.25) is 14.9 Å². The molecule has 2 heterocycles. The quantitative estimate of drug-likeness (QED) is 0.261. The number of hydrogen-bond donors (Lipinski definition) is 1. The molecule has 3 aromatic rings. The summed E-state index contributed by atoms with van der Waals surface area (Å²) in [7, 11) is 0. The summed E-state index contributed by atoms with van der Waals surface area (Å²) in [4.78, 5) is 35.3. The fourth-order valence-electron chi connectivity index (χ4n) is 3.40. The van der Waals surface area contributed by atoms with Crippen molar-refractivity contribution in [3.63, 3.8) is 0 Å². The van der Waals surface area contributed by atoms with Crippen LogP contribution in [0, 0.1) is 17.0 Å². The van der Waals surface area contributed by atoms with E-state index in [1.54, 1.807) is 26.0 Å². The number of carboxylic acids is 1. The van der Waals surface area contributed by atoms with Crippen molar-refractivity contribution in [3.05, 3.63) is 85.1 Å². The highest BCUT2D eigenvalue weighted by Gasteiger charge is 2.30. The van der Waals surface area contributed by atoms with Crippen LogP contribution in [0.2, 0.25) is 10.0 Å². The second kappa shape index (κ2) is 8.77. The fraction of sp³-hybridized carbons (Fsp3) is 0.0870. The normalized spacial score (nSPS) is 14.6. The van der Waals surface area contributed by atoms with Crippen LogP contribution in [0.15, 0.2) is 57.6 Å². The minimum atomic E-state index is -1.23. The number of amides is 1. The van der Waals surface area contributed by atoms with Crippen LogP contribution >= 0.6 is 23.2 Å². The molecule has 1 amide bonds. The second-order valence-corrected chi connectivity index (χ2v) is 8.22. The Labute approximate surface area is 202 Å². The minimum absolute atomic E-state index is 0.0350. The molecule has 0 saturated carbocycles. The maximum absolute atomic E-state index is 13.0. The lowest BCUT2D eigenvalue weighted by molar-refractivity contribution is -0.384. The molecule has 172 valence electrons. The Kier molecular flexibility index (Phi) is 5.99. The lowest BCUT2D eigenvalue weighted by Crippen LogP contribution is -2.21. The number of nitrogens with zero attached hydrogens (tertiary/aromatic N) is 3. The van der Waals surface area contributed by atoms with Gasteiger partial charge in [-0.05, 0) is 61.9 Å². The molecule has 0 bridgehead atoms. The Bertz CT molecular complexity index is 1440. The predicted octanol–water partition coefficient (Wildman–Crippen LogP) is 5.97. The molecule has 0 fully saturated rings. The van der Waals surface area contributed by atoms with E-state index in [2.05, 4.69) is 5.10 Å². The third-order valence-electron chi connectivity index (χ3n) is 5.14. The number of benzene rings is 2. The van der Waals surface area contributed by atoms with Gasteiger partial charge >= 0.3 is 5.97 Å². The first kappa shape index (κ1) is 23.2. The molecule has 0 atom stereocenters. The van der Waals surface area contributed by atoms with Gasteiger partial charge in [-0.15, -0.1) is 0 Å². The summed E-state index contributed by atoms with van der Waals surface area (Å²) >= 11 is 12.1. The molecule has 34 heavy (non-hydrogen) atoms. The van der Waals surface area contributed by atoms with Crippen LogP contribution in [-0.2, 0) is 4.79 Å². The van der Waals surface area contributed by atoms with E-state index >= 15 is 0 Å². The van der Waals surface area contributed by atoms with E-state index in [0.29, 0.717) is 16.3 Å². The average Bonchev–Trinajstić information content (AvgIpc) is 3.35. The largest absolute Gasteiger partial charge is 0.478 e. The molecule has 1 N–H and O–H groups in total. The van der Waals surface area contributed by atoms with Gasteiger partial charge in [0.25, 0.3) is 11.6 Å². The maximum Gasteiger partial charge on any atom is 0.337 e. The number of aromatic carboxylic acids is 1. The molecule has 1 aliphatic heterocycles. The van der Waals surface area contributed by atoms with Crippen molar-refractivity contribution in [1.29, 1.82) is 0 Å². The molecular weight excluding hydrogens is 485 g/mol. The lowest BCUT2D eigenvalue weighted by Gasteiger charge is -2.12. The fourth-order valence-corrected chi connectivity index (χ4v) is 3.76. The zero-order chi connectivity index (χ0) is 24.7. The summed E-state index contributed by atoms with van der Waals surface area (Å²) in [5.41, 5.74) is 1.27. The van der Waals surface area contributed by atoms with Gasteiger partial charge in [-0.1, -0.05) is 23.2 Å². The van der Waals surface area contributed by atoms with Crippen LogP contribution < -0.4 is 5.01 Å². The number of anilines is 1. The molecule has 4 rings (SSSR count). The van der Waals surface area contributed by atoms with Gasteiger partial charge in [-0.25, -0.2) is 4.79 Å². The summed E-state index contributed by atoms with van der Waals surface area (Å²) in [5, 5.41) is 26.4. The standard InChI is InChI=1S/C23H15Cl2N3O6/c1-11-7-20(28(32)33)17(10-19(11)25)21-6-4-14(34-21)9-15-12(2)26-27(22(15)29)13-3-5-18(24)16(8-13)23(30)31/h3-10H,1-2H3,(H,30,31). The minimum Gasteiger partial charge on any atom is -0.478 e. The van der Waals surface area contributed by atoms with Crippen molar-refractivity contribution in [2.45, 2.75) is 13.8 Å². The Morgan fingerprint density at radius 3 is 2.56 bits per heavy atom. The Morgan fingerprint density at radius 2 is 1.88 bits per heavy atom. The number of halogens is 2. The van der Waals surface area contributed by atoms with Gasteiger partial charge in [-0.2, -0.15) is 10.1 Å². The average molecular weight is 500 g/mol. The summed E-state index contributed by atoms with van der Waals surface area (Å²) in [6.07, 6.45) is 1.46. The van der Waals surface area contributed by atoms with Crippen LogP contribution in [0.25, 0.3) is 17.4 Å². The van der Waals surface area contributed by atoms with Gasteiger partial charge in [0, 0.05) is 11.1 Å². The maximum atomic E-state index is 13.0. The Balaban J connectivity index is 1.68. The highest BCUT2D eigenvalue weighted by atomic mass is 35.5. The van der Waals surface area contributed by atoms with E-state index in [0.717, 1.165) is 5.01 Å². The SMILES string of the molecule is CC1=NN(c2ccc(Cl)c(C(=O)O)c2)C(=O)C1=Cc1ccc(-c2cc(Cl)c(C)cc2[N+](=O)[O-])o1. The number of hydrogen-bond acceptors (Lipinski definition) is 6. The van der Waals surface area contributed by atoms with E-state index in [9.17, 15) is 24.8 Å². The van der Waals surface area contributed by atoms with E-state index in [-0.39, 0.29) is 44.6 Å². The monoisotopic (exact) mass is 499 g/mol. The first-order chi connectivity index (χ1) is 16.1. The first-order valence-electron chi connectivity index (χ1n) is 9.76. The Hall–Kier alpha value is -3.95. The van der Waals surface area contributed by atoms with Crippen LogP contribution in [0.4, 0.5) is 11.4 Å². The molecule has 1 aliphatic rings. The van der Waals surface area contributed by atoms with Crippen molar-refractivity contribution in [2.24, 2.45) is 5.10 Å². The molecule has 0 spiro atoms. The topological polar surface area (TPSA) is 126 Å². The summed E-state index contributed by atoms with van der Waals surface area (Å²) in [6.45, 7) is 3.28. The Morgan fingerprint density at radius 1 is 1.15 bits per heavy atom. The third kappa shape index (κ3) is 4.18. The highest BCUT2D eigenvalue weighted by Crippen LogP contribution is 2.36. The molecule has 1 aromatic heterocycles. The number of carboxylic acid groups (broad SMARTS) is 1. The molecule has 11 heteroatoms. The summed E-state index contributed by atoms with van der Waals surface area (Å²) in [6, 6.07) is 10.0. The van der Waals surface area contributed by atoms with Crippen molar-refractivity contribution in [2.75, 3.05) is 5.01 Å². The van der Waals surface area contributed by atoms with Gasteiger partial charge in [0.2, 0.25) is 0 Å². The zero-order valence-corrected chi connectivity index (χ0v) is 19.2. The van der Waals surface area contributed by atoms with Crippen LogP contribution in [0.5, 0.6) is 0 Å². The number of rotatable bonds is 5. The van der Waals surface area contributed by atoms with Crippen LogP contribution in [0.3, 0.4) is 0 Å². The molecule has 2 aromatic carbocycles. The van der Waals surface area contributed by atoms with Gasteiger partial charge in [0.1, 0.15) is 11.5 Å². The van der Waals surface area contributed by atoms with Crippen molar-refractivity contribution in [3.8, 4) is 11.3 Å². The first-order valence-corrected chi connectivity index (χ1v) is 10.5. The van der Waals surface area contributed by atoms with E-state index in [1.807, 2.05) is 0 Å². The molecular formula is C23H15Cl2N3O6. The van der Waals surface area contributed by atoms with E-state index in [4.69, 9.17) is 27.6 Å². The lowest BCUT2D eigenvalue weighted by atomic mass is 10.1. The molecule has 0 unspecified atom stereocenters. The van der Waals surface area contributed by atoms with Gasteiger partial charge in [0.05, 0.1) is 38.0 Å². The van der Waals surface area contributed by atoms with E-state index < -0.39 is 16.8 Å². The second-order valence-electron chi connectivity index (χ2n) is 7.41. The number of carbonyl (C=O) groups is 2. The zero-order valence-electron chi connectivity index (χ0n) is 17.7. The van der Waals surface area contributed by atoms with Crippen molar-refractivity contribution in [1.82, 2.24) is 0 Å². The number of nitro benzene ring substituents is 1. The van der Waals surface area contributed by atoms with Gasteiger partial charge < -0.3 is 9.52 Å². The summed E-state index contributed by atoms with van der Waals surface area (Å²) in [5.74, 6) is -1.26. The number of hydrazone groups is 1. The number of carbonyl (C=O) groups excluding carboxylic acids is 1. The molecule has 0 aliphatic carbocycles. The van der Waals surface area contributed by atoms with Crippen molar-refractivity contribution < 1.29 is 24.0 Å². The van der Waals surface area contributed by atoms with Gasteiger partial charge in [0.15, 0.2) is 0 Å². The molecule has 0 saturated heterocycles. The number of aryl methyl sites for hydroxylation is 1. The smallest absolute Gasteiger partial charge is 0.337 e. The number of nitro groups is 1. The number of furan rings is 1. The summed E-state index contributed by atoms with van der Waals surface area (Å²) < 4.78 is 5.76. The van der Waals surface area contributed by atoms with Crippen LogP contribution in [-0.4, -0.2) is 27.6 Å².